The van der Waals surface area contributed by atoms with Crippen molar-refractivity contribution in [3.63, 3.8) is 0 Å². The summed E-state index contributed by atoms with van der Waals surface area (Å²) in [5.41, 5.74) is 0.785. The first-order chi connectivity index (χ1) is 5.36. The van der Waals surface area contributed by atoms with Crippen molar-refractivity contribution in [1.29, 1.82) is 0 Å². The van der Waals surface area contributed by atoms with Gasteiger partial charge in [-0.05, 0) is 6.08 Å². The molecule has 0 bridgehead atoms. The number of fused-ring (bicyclic) bond motifs is 1. The molecular formula is C8H6N2O. The van der Waals surface area contributed by atoms with Crippen LogP contribution in [0.25, 0.3) is 0 Å². The van der Waals surface area contributed by atoms with Crippen LogP contribution in [0.4, 0.5) is 0 Å². The van der Waals surface area contributed by atoms with E-state index in [0.717, 1.165) is 5.71 Å². The van der Waals surface area contributed by atoms with Crippen LogP contribution < -0.4 is 0 Å². The molecule has 2 rings (SSSR count). The van der Waals surface area contributed by atoms with Gasteiger partial charge in [0.2, 0.25) is 0 Å². The molecule has 0 aromatic rings. The first-order valence-electron chi connectivity index (χ1n) is 3.37. The third-order valence-electron chi connectivity index (χ3n) is 1.60. The summed E-state index contributed by atoms with van der Waals surface area (Å²) in [5.74, 6) is -0.0751. The fraction of sp³-hybridized carbons (Fsp3) is 0.125. The highest BCUT2D eigenvalue weighted by Crippen LogP contribution is 2.10. The second-order valence-corrected chi connectivity index (χ2v) is 2.37. The van der Waals surface area contributed by atoms with E-state index in [-0.39, 0.29) is 11.8 Å². The standard InChI is InChI=1S/C8H6N2O/c11-8-2-1-6-5-9-4-3-7(6)10-8/h1-6H. The van der Waals surface area contributed by atoms with Gasteiger partial charge in [0.25, 0.3) is 5.91 Å². The Bertz CT molecular complexity index is 310. The van der Waals surface area contributed by atoms with Gasteiger partial charge in [-0.2, -0.15) is 0 Å². The maximum absolute atomic E-state index is 10.8. The molecule has 1 atom stereocenters. The minimum Gasteiger partial charge on any atom is -0.268 e. The molecule has 54 valence electrons. The molecule has 2 heterocycles. The zero-order chi connectivity index (χ0) is 7.68. The second kappa shape index (κ2) is 2.27. The van der Waals surface area contributed by atoms with Crippen molar-refractivity contribution in [2.24, 2.45) is 15.9 Å². The van der Waals surface area contributed by atoms with E-state index in [4.69, 9.17) is 0 Å². The number of hydrogen-bond donors (Lipinski definition) is 0. The molecular weight excluding hydrogens is 140 g/mol. The highest BCUT2D eigenvalue weighted by atomic mass is 16.1. The summed E-state index contributed by atoms with van der Waals surface area (Å²) in [6, 6.07) is 0. The van der Waals surface area contributed by atoms with Gasteiger partial charge >= 0.3 is 0 Å². The van der Waals surface area contributed by atoms with E-state index in [2.05, 4.69) is 9.98 Å². The molecule has 0 aromatic carbocycles. The van der Waals surface area contributed by atoms with Crippen molar-refractivity contribution < 1.29 is 4.79 Å². The first kappa shape index (κ1) is 6.22. The predicted octanol–water partition coefficient (Wildman–Crippen LogP) is 0.738. The Balaban J connectivity index is 2.39. The lowest BCUT2D eigenvalue weighted by atomic mass is 10.0. The number of dihydropyridines is 1. The quantitative estimate of drug-likeness (QED) is 0.497. The molecule has 0 aromatic heterocycles. The monoisotopic (exact) mass is 146 g/mol. The van der Waals surface area contributed by atoms with Crippen LogP contribution in [0.15, 0.2) is 34.4 Å². The fourth-order valence-corrected chi connectivity index (χ4v) is 1.06. The molecule has 0 saturated heterocycles. The summed E-state index contributed by atoms with van der Waals surface area (Å²) in [6.07, 6.45) is 8.44. The largest absolute Gasteiger partial charge is 0.269 e. The summed E-state index contributed by atoms with van der Waals surface area (Å²) in [7, 11) is 0. The molecule has 0 fully saturated rings. The zero-order valence-electron chi connectivity index (χ0n) is 5.77. The molecule has 0 spiro atoms. The summed E-state index contributed by atoms with van der Waals surface area (Å²) in [4.78, 5) is 18.5. The van der Waals surface area contributed by atoms with Crippen LogP contribution in [0, 0.1) is 5.92 Å². The lowest BCUT2D eigenvalue weighted by Gasteiger charge is -2.12. The lowest BCUT2D eigenvalue weighted by molar-refractivity contribution is -0.113. The van der Waals surface area contributed by atoms with Gasteiger partial charge in [0, 0.05) is 18.5 Å². The van der Waals surface area contributed by atoms with Gasteiger partial charge < -0.3 is 0 Å². The number of rotatable bonds is 0. The van der Waals surface area contributed by atoms with Crippen molar-refractivity contribution in [3.8, 4) is 0 Å². The Morgan fingerprint density at radius 2 is 2.27 bits per heavy atom. The van der Waals surface area contributed by atoms with Crippen LogP contribution >= 0.6 is 0 Å². The van der Waals surface area contributed by atoms with Gasteiger partial charge in [0.15, 0.2) is 0 Å². The smallest absolute Gasteiger partial charge is 0.268 e. The molecule has 11 heavy (non-hydrogen) atoms. The zero-order valence-corrected chi connectivity index (χ0v) is 5.77. The highest BCUT2D eigenvalue weighted by molar-refractivity contribution is 6.16. The number of amides is 1. The Hall–Kier alpha value is -1.51. The maximum Gasteiger partial charge on any atom is 0.269 e. The van der Waals surface area contributed by atoms with E-state index < -0.39 is 0 Å². The van der Waals surface area contributed by atoms with E-state index >= 15 is 0 Å². The molecule has 3 heteroatoms. The van der Waals surface area contributed by atoms with Crippen molar-refractivity contribution in [2.75, 3.05) is 0 Å². The number of allylic oxidation sites excluding steroid dienone is 2. The maximum atomic E-state index is 10.8. The van der Waals surface area contributed by atoms with Crippen LogP contribution in [0.5, 0.6) is 0 Å². The van der Waals surface area contributed by atoms with Gasteiger partial charge in [0.05, 0.1) is 11.6 Å². The summed E-state index contributed by atoms with van der Waals surface area (Å²) < 4.78 is 0. The molecule has 1 amide bonds. The number of aliphatic imine (C=N–C) groups is 2. The van der Waals surface area contributed by atoms with E-state index in [1.54, 1.807) is 24.6 Å². The number of carbonyl (C=O) groups is 1. The van der Waals surface area contributed by atoms with Crippen LogP contribution in [-0.2, 0) is 4.79 Å². The van der Waals surface area contributed by atoms with Crippen LogP contribution in [0.3, 0.4) is 0 Å². The highest BCUT2D eigenvalue weighted by Gasteiger charge is 2.15. The topological polar surface area (TPSA) is 41.8 Å². The Labute approximate surface area is 63.9 Å². The predicted molar refractivity (Wildman–Crippen MR) is 42.7 cm³/mol. The third kappa shape index (κ3) is 1.05. The molecule has 0 N–H and O–H groups in total. The molecule has 2 aliphatic heterocycles. The van der Waals surface area contributed by atoms with Crippen LogP contribution in [0.1, 0.15) is 0 Å². The van der Waals surface area contributed by atoms with Crippen molar-refractivity contribution in [1.82, 2.24) is 0 Å². The molecule has 0 radical (unpaired) electrons. The number of nitrogens with zero attached hydrogens (tertiary/aromatic N) is 2. The van der Waals surface area contributed by atoms with Crippen molar-refractivity contribution >= 4 is 17.8 Å². The van der Waals surface area contributed by atoms with Gasteiger partial charge in [-0.15, -0.1) is 0 Å². The molecule has 0 saturated carbocycles. The Morgan fingerprint density at radius 3 is 3.18 bits per heavy atom. The molecule has 3 nitrogen and oxygen atoms in total. The molecule has 0 aliphatic carbocycles. The van der Waals surface area contributed by atoms with Crippen LogP contribution in [0.2, 0.25) is 0 Å². The minimum absolute atomic E-state index is 0.109. The average molecular weight is 146 g/mol. The van der Waals surface area contributed by atoms with E-state index in [9.17, 15) is 4.79 Å². The van der Waals surface area contributed by atoms with Gasteiger partial charge in [0.1, 0.15) is 0 Å². The van der Waals surface area contributed by atoms with Gasteiger partial charge in [-0.3, -0.25) is 9.79 Å². The minimum atomic E-state index is -0.184. The Kier molecular flexibility index (Phi) is 1.28. The van der Waals surface area contributed by atoms with Crippen molar-refractivity contribution in [3.05, 3.63) is 24.4 Å². The van der Waals surface area contributed by atoms with Gasteiger partial charge in [-0.1, -0.05) is 6.08 Å². The third-order valence-corrected chi connectivity index (χ3v) is 1.60. The van der Waals surface area contributed by atoms with Gasteiger partial charge in [-0.25, -0.2) is 4.99 Å². The van der Waals surface area contributed by atoms with Crippen LogP contribution in [-0.4, -0.2) is 17.8 Å². The fourth-order valence-electron chi connectivity index (χ4n) is 1.06. The van der Waals surface area contributed by atoms with E-state index in [1.165, 1.54) is 6.08 Å². The lowest BCUT2D eigenvalue weighted by Crippen LogP contribution is -2.18. The van der Waals surface area contributed by atoms with E-state index in [1.807, 2.05) is 0 Å². The molecule has 1 unspecified atom stereocenters. The van der Waals surface area contributed by atoms with Crippen molar-refractivity contribution in [2.45, 2.75) is 0 Å². The number of hydrogen-bond acceptors (Lipinski definition) is 2. The summed E-state index contributed by atoms with van der Waals surface area (Å²) in [5, 5.41) is 0. The average Bonchev–Trinajstić information content (AvgIpc) is 2.04. The summed E-state index contributed by atoms with van der Waals surface area (Å²) in [6.45, 7) is 0. The normalized spacial score (nSPS) is 26.7. The second-order valence-electron chi connectivity index (χ2n) is 2.37. The summed E-state index contributed by atoms with van der Waals surface area (Å²) >= 11 is 0. The Morgan fingerprint density at radius 1 is 1.36 bits per heavy atom. The van der Waals surface area contributed by atoms with E-state index in [0.29, 0.717) is 0 Å². The number of carbonyl (C=O) groups excluding carboxylic acids is 1. The molecule has 2 aliphatic rings. The SMILES string of the molecule is O=C1C=CC2C=NC=CC2=N1. The first-order valence-corrected chi connectivity index (χ1v) is 3.37.